The molecular formula is H4N2O4S3. The van der Waals surface area contributed by atoms with Gasteiger partial charge in [0.1, 0.15) is 0 Å². The minimum atomic E-state index is -4.16. The molecule has 0 rings (SSSR count). The van der Waals surface area contributed by atoms with Crippen molar-refractivity contribution in [3.05, 3.63) is 0 Å². The van der Waals surface area contributed by atoms with Crippen LogP contribution >= 0.6 is 0 Å². The molecule has 0 aromatic rings. The van der Waals surface area contributed by atoms with Crippen LogP contribution in [0.1, 0.15) is 0 Å². The molecule has 0 aliphatic carbocycles. The van der Waals surface area contributed by atoms with Crippen LogP contribution in [0.25, 0.3) is 0 Å². The predicted molar refractivity (Wildman–Crippen MR) is 34.4 cm³/mol. The maximum Gasteiger partial charge on any atom is 0.287 e. The summed E-state index contributed by atoms with van der Waals surface area (Å²) in [6, 6.07) is 0. The molecule has 1 atom stereocenters. The van der Waals surface area contributed by atoms with Crippen molar-refractivity contribution in [1.29, 1.82) is 0 Å². The van der Waals surface area contributed by atoms with E-state index in [2.05, 4.69) is 16.3 Å². The van der Waals surface area contributed by atoms with E-state index in [-0.39, 0.29) is 0 Å². The first-order valence-electron chi connectivity index (χ1n) is 1.49. The fourth-order valence-electron chi connectivity index (χ4n) is 0.147. The third-order valence-corrected chi connectivity index (χ3v) is 2.61. The SMILES string of the molecule is NS(=O)(=O)NS(=O)(O)=S. The standard InChI is InChI=1S/H4N2O4S3/c1-8(3,4)2-9(5,6)7/h2H,(H2,1,3,4)(H,5,6,7). The van der Waals surface area contributed by atoms with E-state index in [1.807, 2.05) is 0 Å². The number of nitrogens with one attached hydrogen (secondary N) is 1. The molecule has 1 unspecified atom stereocenters. The van der Waals surface area contributed by atoms with Crippen molar-refractivity contribution >= 4 is 30.4 Å². The fraction of sp³-hybridized carbons (Fsp3) is 0. The first-order chi connectivity index (χ1) is 3.71. The van der Waals surface area contributed by atoms with Gasteiger partial charge >= 0.3 is 0 Å². The van der Waals surface area contributed by atoms with Gasteiger partial charge in [0.2, 0.25) is 8.96 Å². The topological polar surface area (TPSA) is 109 Å². The molecule has 9 heteroatoms. The first kappa shape index (κ1) is 9.20. The Kier molecular flexibility index (Phi) is 2.49. The Balaban J connectivity index is 4.46. The molecule has 0 aliphatic heterocycles. The average Bonchev–Trinajstić information content (AvgIpc) is 1.14. The largest absolute Gasteiger partial charge is 0.293 e. The lowest BCUT2D eigenvalue weighted by Crippen LogP contribution is -2.34. The van der Waals surface area contributed by atoms with Crippen LogP contribution in [0.5, 0.6) is 0 Å². The average molecular weight is 192 g/mol. The highest BCUT2D eigenvalue weighted by Crippen LogP contribution is 1.75. The summed E-state index contributed by atoms with van der Waals surface area (Å²) in [6.45, 7) is 0. The lowest BCUT2D eigenvalue weighted by Gasteiger charge is -1.96. The van der Waals surface area contributed by atoms with Crippen molar-refractivity contribution in [1.82, 2.24) is 4.13 Å². The van der Waals surface area contributed by atoms with Crippen LogP contribution in [0, 0.1) is 0 Å². The molecule has 0 aromatic heterocycles. The molecule has 4 N–H and O–H groups in total. The van der Waals surface area contributed by atoms with Gasteiger partial charge in [0.15, 0.2) is 0 Å². The molecule has 0 saturated heterocycles. The van der Waals surface area contributed by atoms with E-state index in [0.717, 1.165) is 4.13 Å². The van der Waals surface area contributed by atoms with E-state index < -0.39 is 19.2 Å². The monoisotopic (exact) mass is 192 g/mol. The summed E-state index contributed by atoms with van der Waals surface area (Å²) in [5.74, 6) is 0. The van der Waals surface area contributed by atoms with Crippen LogP contribution in [-0.4, -0.2) is 17.2 Å². The zero-order valence-electron chi connectivity index (χ0n) is 3.97. The Hall–Kier alpha value is 0.200. The predicted octanol–water partition coefficient (Wildman–Crippen LogP) is -2.09. The third-order valence-electron chi connectivity index (χ3n) is 0.221. The summed E-state index contributed by atoms with van der Waals surface area (Å²) in [6.07, 6.45) is 0. The zero-order valence-corrected chi connectivity index (χ0v) is 6.42. The van der Waals surface area contributed by atoms with Crippen molar-refractivity contribution < 1.29 is 17.2 Å². The van der Waals surface area contributed by atoms with Gasteiger partial charge in [-0.15, -0.1) is 0 Å². The van der Waals surface area contributed by atoms with Crippen LogP contribution in [0.2, 0.25) is 0 Å². The molecule has 0 bridgehead atoms. The molecule has 6 nitrogen and oxygen atoms in total. The molecular weight excluding hydrogens is 188 g/mol. The van der Waals surface area contributed by atoms with E-state index in [9.17, 15) is 12.6 Å². The van der Waals surface area contributed by atoms with E-state index in [1.165, 1.54) is 0 Å². The molecule has 0 spiro atoms. The maximum atomic E-state index is 10.0. The smallest absolute Gasteiger partial charge is 0.287 e. The Morgan fingerprint density at radius 3 is 1.78 bits per heavy atom. The zero-order chi connectivity index (χ0) is 7.71. The van der Waals surface area contributed by atoms with Crippen molar-refractivity contribution in [2.45, 2.75) is 0 Å². The normalized spacial score (nSPS) is 18.9. The van der Waals surface area contributed by atoms with Crippen molar-refractivity contribution in [2.75, 3.05) is 0 Å². The highest BCUT2D eigenvalue weighted by molar-refractivity contribution is 8.31. The summed E-state index contributed by atoms with van der Waals surface area (Å²) in [5, 5.41) is 4.28. The Morgan fingerprint density at radius 2 is 1.78 bits per heavy atom. The van der Waals surface area contributed by atoms with Gasteiger partial charge in [0.25, 0.3) is 10.2 Å². The van der Waals surface area contributed by atoms with Gasteiger partial charge in [0, 0.05) is 11.2 Å². The molecule has 0 saturated carbocycles. The van der Waals surface area contributed by atoms with Crippen LogP contribution in [-0.2, 0) is 30.4 Å². The molecule has 56 valence electrons. The lowest BCUT2D eigenvalue weighted by molar-refractivity contribution is 0.551. The van der Waals surface area contributed by atoms with E-state index >= 15 is 0 Å². The summed E-state index contributed by atoms with van der Waals surface area (Å²) in [5.41, 5.74) is 0. The van der Waals surface area contributed by atoms with E-state index in [0.29, 0.717) is 0 Å². The molecule has 0 heterocycles. The van der Waals surface area contributed by atoms with E-state index in [4.69, 9.17) is 4.55 Å². The first-order valence-corrected chi connectivity index (χ1v) is 5.48. The lowest BCUT2D eigenvalue weighted by atomic mass is 13.9. The second-order valence-electron chi connectivity index (χ2n) is 1.10. The van der Waals surface area contributed by atoms with Gasteiger partial charge in [0.05, 0.1) is 0 Å². The highest BCUT2D eigenvalue weighted by Gasteiger charge is 2.07. The Morgan fingerprint density at radius 1 is 1.44 bits per heavy atom. The van der Waals surface area contributed by atoms with Crippen LogP contribution in [0.15, 0.2) is 0 Å². The van der Waals surface area contributed by atoms with Gasteiger partial charge in [-0.2, -0.15) is 8.42 Å². The van der Waals surface area contributed by atoms with Crippen molar-refractivity contribution in [2.24, 2.45) is 5.14 Å². The summed E-state index contributed by atoms with van der Waals surface area (Å²) in [4.78, 5) is 0. The molecule has 0 fully saturated rings. The highest BCUT2D eigenvalue weighted by atomic mass is 32.9. The van der Waals surface area contributed by atoms with Crippen LogP contribution in [0.3, 0.4) is 0 Å². The van der Waals surface area contributed by atoms with Crippen LogP contribution < -0.4 is 9.27 Å². The summed E-state index contributed by atoms with van der Waals surface area (Å²) < 4.78 is 39.0. The van der Waals surface area contributed by atoms with Crippen molar-refractivity contribution in [3.8, 4) is 0 Å². The molecule has 0 aromatic carbocycles. The maximum absolute atomic E-state index is 10.0. The summed E-state index contributed by atoms with van der Waals surface area (Å²) in [7, 11) is -8.07. The fourth-order valence-corrected chi connectivity index (χ4v) is 2.17. The third kappa shape index (κ3) is 8.20. The second kappa shape index (κ2) is 2.44. The summed E-state index contributed by atoms with van der Waals surface area (Å²) >= 11 is 3.75. The number of hydrogen-bond donors (Lipinski definition) is 3. The van der Waals surface area contributed by atoms with Gasteiger partial charge in [-0.1, -0.05) is 4.13 Å². The van der Waals surface area contributed by atoms with E-state index in [1.54, 1.807) is 0 Å². The number of rotatable bonds is 2. The van der Waals surface area contributed by atoms with Gasteiger partial charge < -0.3 is 0 Å². The number of hydrogen-bond acceptors (Lipinski definition) is 4. The Labute approximate surface area is 57.3 Å². The van der Waals surface area contributed by atoms with Gasteiger partial charge in [-0.3, -0.25) is 4.55 Å². The van der Waals surface area contributed by atoms with Crippen LogP contribution in [0.4, 0.5) is 0 Å². The molecule has 9 heavy (non-hydrogen) atoms. The quantitative estimate of drug-likeness (QED) is 0.465. The molecule has 0 radical (unpaired) electrons. The Bertz CT molecular complexity index is 239. The molecule has 0 aliphatic rings. The van der Waals surface area contributed by atoms with Gasteiger partial charge in [-0.25, -0.2) is 9.35 Å². The van der Waals surface area contributed by atoms with Gasteiger partial charge in [-0.05, 0) is 0 Å². The number of nitrogens with two attached hydrogens (primary N) is 1. The second-order valence-corrected chi connectivity index (χ2v) is 5.17. The van der Waals surface area contributed by atoms with Crippen molar-refractivity contribution in [3.63, 3.8) is 0 Å². The minimum Gasteiger partial charge on any atom is -0.293 e. The molecule has 0 amide bonds. The minimum absolute atomic E-state index is 1.11.